The Morgan fingerprint density at radius 1 is 1.33 bits per heavy atom. The predicted molar refractivity (Wildman–Crippen MR) is 68.5 cm³/mol. The Morgan fingerprint density at radius 3 is 2.72 bits per heavy atom. The molecule has 0 radical (unpaired) electrons. The number of rotatable bonds is 3. The van der Waals surface area contributed by atoms with Crippen LogP contribution in [0.5, 0.6) is 0 Å². The lowest BCUT2D eigenvalue weighted by molar-refractivity contribution is 0.0698. The second-order valence-electron chi connectivity index (χ2n) is 3.33. The number of carboxylic acid groups (broad SMARTS) is 1. The number of carboxylic acids is 1. The van der Waals surface area contributed by atoms with E-state index >= 15 is 0 Å². The number of thiazole rings is 1. The van der Waals surface area contributed by atoms with E-state index in [2.05, 4.69) is 15.2 Å². The van der Waals surface area contributed by atoms with E-state index in [1.807, 2.05) is 0 Å². The normalized spacial score (nSPS) is 10.9. The number of carbonyl (C=O) groups is 1. The van der Waals surface area contributed by atoms with Crippen LogP contribution >= 0.6 is 11.3 Å². The lowest BCUT2D eigenvalue weighted by Crippen LogP contribution is -2.01. The van der Waals surface area contributed by atoms with Gasteiger partial charge in [-0.15, -0.1) is 21.6 Å². The molecule has 8 heteroatoms. The van der Waals surface area contributed by atoms with Gasteiger partial charge in [-0.3, -0.25) is 0 Å². The lowest BCUT2D eigenvalue weighted by Gasteiger charge is -2.05. The molecule has 1 aromatic heterocycles. The van der Waals surface area contributed by atoms with Crippen LogP contribution in [-0.4, -0.2) is 16.1 Å². The van der Waals surface area contributed by atoms with Gasteiger partial charge in [0, 0.05) is 17.3 Å². The van der Waals surface area contributed by atoms with Gasteiger partial charge in [0.25, 0.3) is 0 Å². The van der Waals surface area contributed by atoms with Gasteiger partial charge < -0.3 is 16.6 Å². The van der Waals surface area contributed by atoms with Crippen molar-refractivity contribution in [1.29, 1.82) is 0 Å². The molecular weight excluding hydrogens is 254 g/mol. The number of hydrogen-bond donors (Lipinski definition) is 3. The van der Waals surface area contributed by atoms with E-state index in [-0.39, 0.29) is 22.6 Å². The van der Waals surface area contributed by atoms with Crippen LogP contribution in [0.3, 0.4) is 0 Å². The molecule has 0 spiro atoms. The first-order valence-corrected chi connectivity index (χ1v) is 5.69. The average molecular weight is 263 g/mol. The zero-order chi connectivity index (χ0) is 13.1. The number of hydrogen-bond acceptors (Lipinski definition) is 7. The third-order valence-corrected chi connectivity index (χ3v) is 2.70. The Balaban J connectivity index is 2.46. The molecule has 1 aromatic carbocycles. The highest BCUT2D eigenvalue weighted by molar-refractivity contribution is 7.13. The molecule has 2 aromatic rings. The summed E-state index contributed by atoms with van der Waals surface area (Å²) in [7, 11) is 0. The number of nitrogen functional groups attached to an aromatic ring is 2. The van der Waals surface area contributed by atoms with E-state index in [9.17, 15) is 4.79 Å². The van der Waals surface area contributed by atoms with Crippen LogP contribution in [0.25, 0.3) is 0 Å². The summed E-state index contributed by atoms with van der Waals surface area (Å²) < 4.78 is 0. The first kappa shape index (κ1) is 12.0. The molecule has 0 fully saturated rings. The quantitative estimate of drug-likeness (QED) is 0.578. The van der Waals surface area contributed by atoms with Gasteiger partial charge in [-0.1, -0.05) is 0 Å². The summed E-state index contributed by atoms with van der Waals surface area (Å²) >= 11 is 1.28. The number of nitrogens with zero attached hydrogens (tertiary/aromatic N) is 3. The van der Waals surface area contributed by atoms with E-state index in [1.54, 1.807) is 11.6 Å². The Kier molecular flexibility index (Phi) is 3.20. The number of nitrogens with two attached hydrogens (primary N) is 2. The smallest absolute Gasteiger partial charge is 0.338 e. The second-order valence-corrected chi connectivity index (χ2v) is 4.20. The van der Waals surface area contributed by atoms with Crippen LogP contribution in [0, 0.1) is 0 Å². The van der Waals surface area contributed by atoms with Crippen molar-refractivity contribution in [2.24, 2.45) is 10.2 Å². The molecule has 7 nitrogen and oxygen atoms in total. The first-order chi connectivity index (χ1) is 8.58. The zero-order valence-electron chi connectivity index (χ0n) is 9.07. The Labute approximate surface area is 106 Å². The van der Waals surface area contributed by atoms with Crippen LogP contribution in [0.4, 0.5) is 22.2 Å². The molecule has 0 amide bonds. The maximum atomic E-state index is 11.1. The van der Waals surface area contributed by atoms with Gasteiger partial charge in [0.05, 0.1) is 11.3 Å². The van der Waals surface area contributed by atoms with Crippen molar-refractivity contribution in [2.45, 2.75) is 0 Å². The summed E-state index contributed by atoms with van der Waals surface area (Å²) in [6.07, 6.45) is 1.57. The molecule has 0 saturated heterocycles. The highest BCUT2D eigenvalue weighted by atomic mass is 32.1. The summed E-state index contributed by atoms with van der Waals surface area (Å²) in [4.78, 5) is 15.0. The molecule has 1 heterocycles. The SMILES string of the molecule is Nc1cc(N)c(N=Nc2nccs2)c(C(=O)O)c1. The molecule has 0 unspecified atom stereocenters. The van der Waals surface area contributed by atoms with Crippen LogP contribution in [0.1, 0.15) is 10.4 Å². The van der Waals surface area contributed by atoms with Gasteiger partial charge >= 0.3 is 5.97 Å². The maximum absolute atomic E-state index is 11.1. The fourth-order valence-electron chi connectivity index (χ4n) is 1.31. The third-order valence-electron chi connectivity index (χ3n) is 2.05. The summed E-state index contributed by atoms with van der Waals surface area (Å²) in [5.74, 6) is -1.16. The number of anilines is 2. The molecule has 0 aliphatic carbocycles. The van der Waals surface area contributed by atoms with Gasteiger partial charge in [-0.05, 0) is 12.1 Å². The summed E-state index contributed by atoms with van der Waals surface area (Å²) in [5.41, 5.74) is 11.6. The fourth-order valence-corrected chi connectivity index (χ4v) is 1.77. The first-order valence-electron chi connectivity index (χ1n) is 4.81. The van der Waals surface area contributed by atoms with Gasteiger partial charge in [0.1, 0.15) is 5.69 Å². The van der Waals surface area contributed by atoms with Crippen molar-refractivity contribution in [3.8, 4) is 0 Å². The van der Waals surface area contributed by atoms with Crippen LogP contribution in [0.15, 0.2) is 33.9 Å². The van der Waals surface area contributed by atoms with Gasteiger partial charge in [0.15, 0.2) is 0 Å². The predicted octanol–water partition coefficient (Wildman–Crippen LogP) is 2.42. The van der Waals surface area contributed by atoms with Crippen molar-refractivity contribution >= 4 is 39.5 Å². The molecule has 18 heavy (non-hydrogen) atoms. The molecule has 2 rings (SSSR count). The molecular formula is C10H9N5O2S. The molecule has 0 atom stereocenters. The molecule has 0 bridgehead atoms. The lowest BCUT2D eigenvalue weighted by atomic mass is 10.1. The van der Waals surface area contributed by atoms with E-state index in [1.165, 1.54) is 23.5 Å². The number of azo groups is 1. The largest absolute Gasteiger partial charge is 0.478 e. The minimum atomic E-state index is -1.16. The van der Waals surface area contributed by atoms with E-state index < -0.39 is 5.97 Å². The molecule has 0 aliphatic rings. The Bertz CT molecular complexity index is 609. The topological polar surface area (TPSA) is 127 Å². The number of aromatic carboxylic acids is 1. The van der Waals surface area contributed by atoms with Crippen LogP contribution in [0.2, 0.25) is 0 Å². The summed E-state index contributed by atoms with van der Waals surface area (Å²) in [5, 5.41) is 18.8. The van der Waals surface area contributed by atoms with E-state index in [4.69, 9.17) is 16.6 Å². The average Bonchev–Trinajstić information content (AvgIpc) is 2.79. The zero-order valence-corrected chi connectivity index (χ0v) is 9.89. The molecule has 0 saturated carbocycles. The van der Waals surface area contributed by atoms with Crippen molar-refractivity contribution in [3.05, 3.63) is 29.3 Å². The minimum absolute atomic E-state index is 0.0758. The van der Waals surface area contributed by atoms with Crippen LogP contribution in [-0.2, 0) is 0 Å². The highest BCUT2D eigenvalue weighted by Crippen LogP contribution is 2.31. The van der Waals surface area contributed by atoms with Gasteiger partial charge in [-0.25, -0.2) is 9.78 Å². The van der Waals surface area contributed by atoms with Gasteiger partial charge in [0.2, 0.25) is 5.13 Å². The van der Waals surface area contributed by atoms with Gasteiger partial charge in [-0.2, -0.15) is 0 Å². The van der Waals surface area contributed by atoms with E-state index in [0.29, 0.717) is 5.13 Å². The third kappa shape index (κ3) is 2.43. The van der Waals surface area contributed by atoms with Crippen LogP contribution < -0.4 is 11.5 Å². The number of aromatic nitrogens is 1. The molecule has 5 N–H and O–H groups in total. The monoisotopic (exact) mass is 263 g/mol. The van der Waals surface area contributed by atoms with E-state index in [0.717, 1.165) is 0 Å². The van der Waals surface area contributed by atoms with Crippen molar-refractivity contribution in [1.82, 2.24) is 4.98 Å². The molecule has 0 aliphatic heterocycles. The van der Waals surface area contributed by atoms with Crippen molar-refractivity contribution < 1.29 is 9.90 Å². The Morgan fingerprint density at radius 2 is 2.11 bits per heavy atom. The number of benzene rings is 1. The minimum Gasteiger partial charge on any atom is -0.478 e. The Hall–Kier alpha value is -2.48. The highest BCUT2D eigenvalue weighted by Gasteiger charge is 2.14. The molecule has 92 valence electrons. The van der Waals surface area contributed by atoms with Crippen molar-refractivity contribution in [2.75, 3.05) is 11.5 Å². The fraction of sp³-hybridized carbons (Fsp3) is 0. The van der Waals surface area contributed by atoms with Crippen molar-refractivity contribution in [3.63, 3.8) is 0 Å². The summed E-state index contributed by atoms with van der Waals surface area (Å²) in [6.45, 7) is 0. The second kappa shape index (κ2) is 4.80. The maximum Gasteiger partial charge on any atom is 0.338 e. The summed E-state index contributed by atoms with van der Waals surface area (Å²) in [6, 6.07) is 2.72. The standard InChI is InChI=1S/C10H9N5O2S/c11-5-3-6(9(16)17)8(7(12)4-5)14-15-10-13-1-2-18-10/h1-4H,11-12H2,(H,16,17).